The quantitative estimate of drug-likeness (QED) is 0.579. The van der Waals surface area contributed by atoms with E-state index in [-0.39, 0.29) is 0 Å². The lowest BCUT2D eigenvalue weighted by Crippen LogP contribution is -1.94. The van der Waals surface area contributed by atoms with Crippen LogP contribution in [0.4, 0.5) is 0 Å². The minimum Gasteiger partial charge on any atom is -0.490 e. The van der Waals surface area contributed by atoms with E-state index in [4.69, 9.17) is 4.74 Å². The Hall–Kier alpha value is -0.760. The zero-order chi connectivity index (χ0) is 9.52. The van der Waals surface area contributed by atoms with Crippen LogP contribution in [0.1, 0.15) is 6.92 Å². The molecular formula is C11H13BrO. The van der Waals surface area contributed by atoms with E-state index < -0.39 is 0 Å². The SMILES string of the molecule is C/C(=C\COc1ccccc1)CBr. The average Bonchev–Trinajstić information content (AvgIpc) is 2.19. The van der Waals surface area contributed by atoms with Gasteiger partial charge < -0.3 is 4.74 Å². The van der Waals surface area contributed by atoms with Crippen LogP contribution in [0.15, 0.2) is 42.0 Å². The molecule has 1 nitrogen and oxygen atoms in total. The first-order valence-electron chi connectivity index (χ1n) is 4.22. The monoisotopic (exact) mass is 240 g/mol. The maximum Gasteiger partial charge on any atom is 0.119 e. The number of ether oxygens (including phenoxy) is 1. The van der Waals surface area contributed by atoms with Crippen LogP contribution in [0.5, 0.6) is 5.75 Å². The average molecular weight is 241 g/mol. The lowest BCUT2D eigenvalue weighted by atomic mass is 10.3. The second-order valence-electron chi connectivity index (χ2n) is 2.81. The molecule has 1 rings (SSSR count). The number of halogens is 1. The van der Waals surface area contributed by atoms with Gasteiger partial charge >= 0.3 is 0 Å². The number of benzene rings is 1. The lowest BCUT2D eigenvalue weighted by molar-refractivity contribution is 0.362. The van der Waals surface area contributed by atoms with Gasteiger partial charge in [-0.25, -0.2) is 0 Å². The van der Waals surface area contributed by atoms with E-state index in [9.17, 15) is 0 Å². The summed E-state index contributed by atoms with van der Waals surface area (Å²) in [7, 11) is 0. The maximum atomic E-state index is 5.48. The maximum absolute atomic E-state index is 5.48. The molecule has 0 aliphatic rings. The van der Waals surface area contributed by atoms with Crippen molar-refractivity contribution in [1.82, 2.24) is 0 Å². The number of para-hydroxylation sites is 1. The first-order valence-corrected chi connectivity index (χ1v) is 5.34. The van der Waals surface area contributed by atoms with Crippen molar-refractivity contribution >= 4 is 15.9 Å². The summed E-state index contributed by atoms with van der Waals surface area (Å²) in [5, 5.41) is 0.908. The minimum absolute atomic E-state index is 0.640. The first kappa shape index (κ1) is 10.3. The molecule has 0 aliphatic carbocycles. The van der Waals surface area contributed by atoms with Crippen molar-refractivity contribution in [3.05, 3.63) is 42.0 Å². The second kappa shape index (κ2) is 5.81. The molecule has 1 aromatic rings. The van der Waals surface area contributed by atoms with Crippen molar-refractivity contribution in [1.29, 1.82) is 0 Å². The standard InChI is InChI=1S/C11H13BrO/c1-10(9-12)7-8-13-11-5-3-2-4-6-11/h2-7H,8-9H2,1H3/b10-7+. The molecule has 0 saturated carbocycles. The van der Waals surface area contributed by atoms with Gasteiger partial charge in [0.2, 0.25) is 0 Å². The van der Waals surface area contributed by atoms with E-state index in [0.717, 1.165) is 11.1 Å². The summed E-state index contributed by atoms with van der Waals surface area (Å²) < 4.78 is 5.48. The van der Waals surface area contributed by atoms with Crippen molar-refractivity contribution in [2.75, 3.05) is 11.9 Å². The zero-order valence-corrected chi connectivity index (χ0v) is 9.25. The van der Waals surface area contributed by atoms with Crippen LogP contribution in [0.25, 0.3) is 0 Å². The van der Waals surface area contributed by atoms with Crippen LogP contribution >= 0.6 is 15.9 Å². The molecule has 0 N–H and O–H groups in total. The highest BCUT2D eigenvalue weighted by Gasteiger charge is 1.88. The van der Waals surface area contributed by atoms with Crippen LogP contribution in [-0.4, -0.2) is 11.9 Å². The molecule has 2 heteroatoms. The Labute approximate surface area is 87.5 Å². The second-order valence-corrected chi connectivity index (χ2v) is 3.37. The molecule has 0 bridgehead atoms. The molecule has 0 unspecified atom stereocenters. The molecule has 0 heterocycles. The molecular weight excluding hydrogens is 228 g/mol. The third-order valence-electron chi connectivity index (χ3n) is 1.64. The van der Waals surface area contributed by atoms with E-state index in [1.165, 1.54) is 5.57 Å². The van der Waals surface area contributed by atoms with Crippen LogP contribution in [0.2, 0.25) is 0 Å². The highest BCUT2D eigenvalue weighted by Crippen LogP contribution is 2.08. The Balaban J connectivity index is 2.36. The molecule has 1 aromatic carbocycles. The van der Waals surface area contributed by atoms with E-state index in [1.807, 2.05) is 30.3 Å². The van der Waals surface area contributed by atoms with E-state index >= 15 is 0 Å². The number of allylic oxidation sites excluding steroid dienone is 1. The van der Waals surface area contributed by atoms with Crippen LogP contribution in [0, 0.1) is 0 Å². The molecule has 0 aliphatic heterocycles. The van der Waals surface area contributed by atoms with Gasteiger partial charge in [-0.3, -0.25) is 0 Å². The topological polar surface area (TPSA) is 9.23 Å². The third kappa shape index (κ3) is 4.13. The van der Waals surface area contributed by atoms with Crippen molar-refractivity contribution in [3.8, 4) is 5.75 Å². The molecule has 0 saturated heterocycles. The summed E-state index contributed by atoms with van der Waals surface area (Å²) in [6.07, 6.45) is 2.07. The van der Waals surface area contributed by atoms with Gasteiger partial charge in [0.1, 0.15) is 12.4 Å². The summed E-state index contributed by atoms with van der Waals surface area (Å²) >= 11 is 3.38. The summed E-state index contributed by atoms with van der Waals surface area (Å²) in [6, 6.07) is 9.83. The van der Waals surface area contributed by atoms with Crippen molar-refractivity contribution in [3.63, 3.8) is 0 Å². The fraction of sp³-hybridized carbons (Fsp3) is 0.273. The number of hydrogen-bond acceptors (Lipinski definition) is 1. The molecule has 0 fully saturated rings. The van der Waals surface area contributed by atoms with Gasteiger partial charge in [0, 0.05) is 5.33 Å². The molecule has 0 radical (unpaired) electrons. The summed E-state index contributed by atoms with van der Waals surface area (Å²) in [5.41, 5.74) is 1.29. The number of rotatable bonds is 4. The van der Waals surface area contributed by atoms with Crippen molar-refractivity contribution in [2.45, 2.75) is 6.92 Å². The zero-order valence-electron chi connectivity index (χ0n) is 7.66. The van der Waals surface area contributed by atoms with Gasteiger partial charge in [0.25, 0.3) is 0 Å². The largest absolute Gasteiger partial charge is 0.490 e. The Morgan fingerprint density at radius 2 is 2.08 bits per heavy atom. The van der Waals surface area contributed by atoms with Crippen molar-refractivity contribution in [2.24, 2.45) is 0 Å². The van der Waals surface area contributed by atoms with Gasteiger partial charge in [-0.1, -0.05) is 39.7 Å². The molecule has 0 atom stereocenters. The fourth-order valence-electron chi connectivity index (χ4n) is 0.851. The molecule has 0 spiro atoms. The fourth-order valence-corrected chi connectivity index (χ4v) is 1.08. The molecule has 0 aromatic heterocycles. The summed E-state index contributed by atoms with van der Waals surface area (Å²) in [6.45, 7) is 2.71. The Kier molecular flexibility index (Phi) is 4.61. The van der Waals surface area contributed by atoms with Gasteiger partial charge in [0.15, 0.2) is 0 Å². The summed E-state index contributed by atoms with van der Waals surface area (Å²) in [4.78, 5) is 0. The Morgan fingerprint density at radius 3 is 2.69 bits per heavy atom. The van der Waals surface area contributed by atoms with Gasteiger partial charge in [-0.2, -0.15) is 0 Å². The third-order valence-corrected chi connectivity index (χ3v) is 2.52. The van der Waals surface area contributed by atoms with Crippen LogP contribution in [-0.2, 0) is 0 Å². The predicted molar refractivity (Wildman–Crippen MR) is 59.5 cm³/mol. The highest BCUT2D eigenvalue weighted by molar-refractivity contribution is 9.09. The lowest BCUT2D eigenvalue weighted by Gasteiger charge is -2.02. The van der Waals surface area contributed by atoms with E-state index in [0.29, 0.717) is 6.61 Å². The molecule has 0 amide bonds. The van der Waals surface area contributed by atoms with Gasteiger partial charge in [-0.15, -0.1) is 0 Å². The Morgan fingerprint density at radius 1 is 1.38 bits per heavy atom. The van der Waals surface area contributed by atoms with Crippen LogP contribution in [0.3, 0.4) is 0 Å². The number of hydrogen-bond donors (Lipinski definition) is 0. The van der Waals surface area contributed by atoms with Gasteiger partial charge in [0.05, 0.1) is 0 Å². The smallest absolute Gasteiger partial charge is 0.119 e. The highest BCUT2D eigenvalue weighted by atomic mass is 79.9. The van der Waals surface area contributed by atoms with Gasteiger partial charge in [-0.05, 0) is 25.1 Å². The number of alkyl halides is 1. The normalized spacial score (nSPS) is 11.4. The molecule has 70 valence electrons. The van der Waals surface area contributed by atoms with Crippen molar-refractivity contribution < 1.29 is 4.74 Å². The summed E-state index contributed by atoms with van der Waals surface area (Å²) in [5.74, 6) is 0.918. The molecule has 13 heavy (non-hydrogen) atoms. The van der Waals surface area contributed by atoms with E-state index in [2.05, 4.69) is 28.9 Å². The minimum atomic E-state index is 0.640. The predicted octanol–water partition coefficient (Wildman–Crippen LogP) is 3.41. The van der Waals surface area contributed by atoms with E-state index in [1.54, 1.807) is 0 Å². The first-order chi connectivity index (χ1) is 6.33. The Bertz CT molecular complexity index is 267. The van der Waals surface area contributed by atoms with Crippen LogP contribution < -0.4 is 4.74 Å².